The Kier molecular flexibility index (Phi) is 5.85. The van der Waals surface area contributed by atoms with Gasteiger partial charge >= 0.3 is 0 Å². The van der Waals surface area contributed by atoms with Crippen LogP contribution in [0.25, 0.3) is 11.3 Å². The molecule has 3 aliphatic heterocycles. The van der Waals surface area contributed by atoms with Crippen molar-refractivity contribution in [3.05, 3.63) is 46.3 Å². The van der Waals surface area contributed by atoms with Crippen molar-refractivity contribution in [1.29, 1.82) is 0 Å². The van der Waals surface area contributed by atoms with E-state index in [1.165, 1.54) is 4.88 Å². The van der Waals surface area contributed by atoms with Crippen molar-refractivity contribution >= 4 is 39.3 Å². The van der Waals surface area contributed by atoms with Gasteiger partial charge in [-0.2, -0.15) is 0 Å². The second-order valence-electron chi connectivity index (χ2n) is 7.31. The third kappa shape index (κ3) is 4.29. The molecule has 0 bridgehead atoms. The number of nitrogens with one attached hydrogen (secondary N) is 1. The Bertz CT molecular complexity index is 983. The number of aromatic nitrogens is 1. The van der Waals surface area contributed by atoms with E-state index in [1.807, 2.05) is 23.6 Å². The van der Waals surface area contributed by atoms with Gasteiger partial charge in [0.25, 0.3) is 0 Å². The molecule has 1 saturated heterocycles. The van der Waals surface area contributed by atoms with E-state index >= 15 is 0 Å². The predicted molar refractivity (Wildman–Crippen MR) is 122 cm³/mol. The molecule has 9 heteroatoms. The summed E-state index contributed by atoms with van der Waals surface area (Å²) in [7, 11) is 0. The number of anilines is 1. The van der Waals surface area contributed by atoms with E-state index in [0.29, 0.717) is 11.6 Å². The van der Waals surface area contributed by atoms with Crippen LogP contribution in [0, 0.1) is 0 Å². The van der Waals surface area contributed by atoms with Crippen LogP contribution in [0.3, 0.4) is 0 Å². The molecule has 0 spiro atoms. The molecule has 7 nitrogen and oxygen atoms in total. The molecule has 0 atom stereocenters. The van der Waals surface area contributed by atoms with E-state index in [2.05, 4.69) is 32.2 Å². The highest BCUT2D eigenvalue weighted by Crippen LogP contribution is 2.34. The molecule has 5 rings (SSSR count). The molecular weight excluding hydrogens is 418 g/mol. The molecule has 2 aromatic rings. The summed E-state index contributed by atoms with van der Waals surface area (Å²) in [5.41, 5.74) is 3.04. The van der Waals surface area contributed by atoms with Crippen molar-refractivity contribution in [2.24, 2.45) is 4.99 Å². The number of benzene rings is 1. The highest BCUT2D eigenvalue weighted by molar-refractivity contribution is 8.16. The average molecular weight is 442 g/mol. The molecule has 0 unspecified atom stereocenters. The molecule has 1 aromatic heterocycles. The number of carbonyl (C=O) groups excluding carboxylic acids is 1. The van der Waals surface area contributed by atoms with Gasteiger partial charge in [-0.25, -0.2) is 4.98 Å². The summed E-state index contributed by atoms with van der Waals surface area (Å²) in [5.74, 6) is -0.0405. The first kappa shape index (κ1) is 19.7. The first-order valence-corrected chi connectivity index (χ1v) is 11.8. The van der Waals surface area contributed by atoms with Crippen LogP contribution in [0.4, 0.5) is 5.13 Å². The van der Waals surface area contributed by atoms with Gasteiger partial charge in [0.1, 0.15) is 0 Å². The van der Waals surface area contributed by atoms with Crippen molar-refractivity contribution in [3.8, 4) is 11.3 Å². The third-order valence-electron chi connectivity index (χ3n) is 5.25. The number of ether oxygens (including phenoxy) is 1. The number of hydrogen-bond acceptors (Lipinski definition) is 8. The molecule has 0 radical (unpaired) electrons. The van der Waals surface area contributed by atoms with E-state index in [1.54, 1.807) is 23.1 Å². The van der Waals surface area contributed by atoms with E-state index in [0.717, 1.165) is 68.1 Å². The summed E-state index contributed by atoms with van der Waals surface area (Å²) in [4.78, 5) is 27.6. The number of fused-ring (bicyclic) bond motifs is 1. The number of thiazole rings is 1. The minimum absolute atomic E-state index is 0.0405. The zero-order valence-corrected chi connectivity index (χ0v) is 18.2. The molecule has 4 heterocycles. The Balaban J connectivity index is 1.32. The molecule has 30 heavy (non-hydrogen) atoms. The van der Waals surface area contributed by atoms with E-state index in [9.17, 15) is 4.79 Å². The number of amidine groups is 1. The largest absolute Gasteiger partial charge is 0.379 e. The van der Waals surface area contributed by atoms with Gasteiger partial charge in [-0.1, -0.05) is 53.4 Å². The zero-order valence-electron chi connectivity index (χ0n) is 16.5. The molecular formula is C21H23N5O2S2. The van der Waals surface area contributed by atoms with Gasteiger partial charge < -0.3 is 15.0 Å². The van der Waals surface area contributed by atoms with Crippen molar-refractivity contribution < 1.29 is 9.53 Å². The summed E-state index contributed by atoms with van der Waals surface area (Å²) in [5, 5.41) is 6.71. The van der Waals surface area contributed by atoms with E-state index < -0.39 is 0 Å². The standard InChI is InChI=1S/C21H23N5O2S2/c27-18(12-16-14-29-21-22-6-7-26(16)21)23-20-24-19(15-4-2-1-3-5-15)17(30-20)13-25-8-10-28-11-9-25/h1-5,14H,6-13H2,(H,23,24,27). The lowest BCUT2D eigenvalue weighted by molar-refractivity contribution is -0.115. The topological polar surface area (TPSA) is 70.1 Å². The average Bonchev–Trinajstić information content (AvgIpc) is 3.47. The molecule has 1 N–H and O–H groups in total. The van der Waals surface area contributed by atoms with Gasteiger partial charge in [0.15, 0.2) is 10.3 Å². The number of aliphatic imine (C=N–C) groups is 1. The van der Waals surface area contributed by atoms with Gasteiger partial charge in [0, 0.05) is 42.3 Å². The van der Waals surface area contributed by atoms with Crippen LogP contribution in [0.5, 0.6) is 0 Å². The normalized spacial score (nSPS) is 18.9. The van der Waals surface area contributed by atoms with Crippen LogP contribution in [-0.4, -0.2) is 65.3 Å². The minimum Gasteiger partial charge on any atom is -0.379 e. The summed E-state index contributed by atoms with van der Waals surface area (Å²) in [6, 6.07) is 10.2. The summed E-state index contributed by atoms with van der Waals surface area (Å²) in [6.45, 7) is 5.84. The Labute approximate surface area is 183 Å². The fraction of sp³-hybridized carbons (Fsp3) is 0.381. The number of nitrogens with zero attached hydrogens (tertiary/aromatic N) is 4. The SMILES string of the molecule is O=C(CC1=CSC2=NCCN12)Nc1nc(-c2ccccc2)c(CN2CCOCC2)s1. The second kappa shape index (κ2) is 8.89. The highest BCUT2D eigenvalue weighted by atomic mass is 32.2. The van der Waals surface area contributed by atoms with Crippen molar-refractivity contribution in [3.63, 3.8) is 0 Å². The van der Waals surface area contributed by atoms with Gasteiger partial charge in [-0.15, -0.1) is 0 Å². The summed E-state index contributed by atoms with van der Waals surface area (Å²) >= 11 is 3.16. The van der Waals surface area contributed by atoms with Crippen LogP contribution in [-0.2, 0) is 16.1 Å². The lowest BCUT2D eigenvalue weighted by atomic mass is 10.1. The molecule has 156 valence electrons. The van der Waals surface area contributed by atoms with Crippen LogP contribution in [0.2, 0.25) is 0 Å². The van der Waals surface area contributed by atoms with Gasteiger partial charge in [-0.3, -0.25) is 14.7 Å². The first-order chi connectivity index (χ1) is 14.8. The Morgan fingerprint density at radius 1 is 1.17 bits per heavy atom. The van der Waals surface area contributed by atoms with Crippen LogP contribution in [0.15, 0.2) is 46.4 Å². The number of carbonyl (C=O) groups is 1. The maximum absolute atomic E-state index is 12.7. The maximum Gasteiger partial charge on any atom is 0.232 e. The van der Waals surface area contributed by atoms with Crippen molar-refractivity contribution in [2.45, 2.75) is 13.0 Å². The minimum atomic E-state index is -0.0405. The molecule has 1 amide bonds. The second-order valence-corrected chi connectivity index (χ2v) is 9.23. The molecule has 0 aliphatic carbocycles. The van der Waals surface area contributed by atoms with Gasteiger partial charge in [-0.05, 0) is 5.41 Å². The number of morpholine rings is 1. The van der Waals surface area contributed by atoms with Gasteiger partial charge in [0.2, 0.25) is 5.91 Å². The number of rotatable bonds is 6. The molecule has 3 aliphatic rings. The first-order valence-electron chi connectivity index (χ1n) is 10.1. The van der Waals surface area contributed by atoms with Crippen LogP contribution in [0.1, 0.15) is 11.3 Å². The van der Waals surface area contributed by atoms with Crippen LogP contribution < -0.4 is 5.32 Å². The highest BCUT2D eigenvalue weighted by Gasteiger charge is 2.28. The predicted octanol–water partition coefficient (Wildman–Crippen LogP) is 3.23. The molecule has 0 saturated carbocycles. The Morgan fingerprint density at radius 2 is 2.00 bits per heavy atom. The summed E-state index contributed by atoms with van der Waals surface area (Å²) in [6.07, 6.45) is 0.338. The lowest BCUT2D eigenvalue weighted by Gasteiger charge is -2.26. The Morgan fingerprint density at radius 3 is 2.83 bits per heavy atom. The number of amides is 1. The number of hydrogen-bond donors (Lipinski definition) is 1. The Hall–Kier alpha value is -2.20. The van der Waals surface area contributed by atoms with E-state index in [4.69, 9.17) is 9.72 Å². The molecule has 1 fully saturated rings. The zero-order chi connectivity index (χ0) is 20.3. The summed E-state index contributed by atoms with van der Waals surface area (Å²) < 4.78 is 5.47. The number of thioether (sulfide) groups is 1. The van der Waals surface area contributed by atoms with E-state index in [-0.39, 0.29) is 5.91 Å². The maximum atomic E-state index is 12.7. The quantitative estimate of drug-likeness (QED) is 0.742. The third-order valence-corrected chi connectivity index (χ3v) is 7.16. The smallest absolute Gasteiger partial charge is 0.232 e. The van der Waals surface area contributed by atoms with Crippen molar-refractivity contribution in [2.75, 3.05) is 44.7 Å². The fourth-order valence-corrected chi connectivity index (χ4v) is 5.74. The molecule has 1 aromatic carbocycles. The fourth-order valence-electron chi connectivity index (χ4n) is 3.74. The van der Waals surface area contributed by atoms with Crippen LogP contribution >= 0.6 is 23.1 Å². The monoisotopic (exact) mass is 441 g/mol. The van der Waals surface area contributed by atoms with Crippen molar-refractivity contribution in [1.82, 2.24) is 14.8 Å². The lowest BCUT2D eigenvalue weighted by Crippen LogP contribution is -2.35. The van der Waals surface area contributed by atoms with Gasteiger partial charge in [0.05, 0.1) is 31.9 Å².